The number of Topliss-reactive ketones (excluding diaryl/α,β-unsaturated/α-hetero) is 1. The Morgan fingerprint density at radius 1 is 1.44 bits per heavy atom. The number of nitrogens with two attached hydrogens (primary N) is 1. The number of hydrogen-bond acceptors (Lipinski definition) is 3. The van der Waals surface area contributed by atoms with Gasteiger partial charge in [0.15, 0.2) is 5.78 Å². The van der Waals surface area contributed by atoms with Crippen LogP contribution >= 0.6 is 11.6 Å². The summed E-state index contributed by atoms with van der Waals surface area (Å²) < 4.78 is 1.53. The van der Waals surface area contributed by atoms with Gasteiger partial charge in [-0.15, -0.1) is 0 Å². The van der Waals surface area contributed by atoms with Crippen LogP contribution in [0.1, 0.15) is 24.2 Å². The number of nitrogen functional groups attached to an aromatic ring is 1. The van der Waals surface area contributed by atoms with Crippen molar-refractivity contribution in [3.8, 4) is 0 Å². The zero-order chi connectivity index (χ0) is 13.4. The minimum absolute atomic E-state index is 0.0339. The second-order valence-electron chi connectivity index (χ2n) is 4.06. The van der Waals surface area contributed by atoms with E-state index in [2.05, 4.69) is 0 Å². The van der Waals surface area contributed by atoms with Crippen LogP contribution in [0.15, 0.2) is 23.0 Å². The first-order chi connectivity index (χ1) is 8.47. The Morgan fingerprint density at radius 2 is 2.11 bits per heavy atom. The molecule has 0 saturated heterocycles. The monoisotopic (exact) mass is 264 g/mol. The van der Waals surface area contributed by atoms with Gasteiger partial charge in [0, 0.05) is 17.0 Å². The summed E-state index contributed by atoms with van der Waals surface area (Å²) in [6.07, 6.45) is 0. The quantitative estimate of drug-likeness (QED) is 0.848. The highest BCUT2D eigenvalue weighted by molar-refractivity contribution is 6.31. The molecule has 0 fully saturated rings. The molecule has 4 nitrogen and oxygen atoms in total. The van der Waals surface area contributed by atoms with E-state index in [1.54, 1.807) is 18.2 Å². The van der Waals surface area contributed by atoms with Crippen LogP contribution in [-0.2, 0) is 6.54 Å². The van der Waals surface area contributed by atoms with Gasteiger partial charge >= 0.3 is 0 Å². The number of benzene rings is 1. The van der Waals surface area contributed by atoms with E-state index in [0.29, 0.717) is 22.5 Å². The van der Waals surface area contributed by atoms with Gasteiger partial charge in [-0.25, -0.2) is 0 Å². The number of anilines is 1. The van der Waals surface area contributed by atoms with Crippen molar-refractivity contribution in [2.75, 3.05) is 5.73 Å². The fraction of sp³-hybridized carbons (Fsp3) is 0.231. The molecule has 0 bridgehead atoms. The Morgan fingerprint density at radius 3 is 2.67 bits per heavy atom. The molecule has 0 amide bonds. The van der Waals surface area contributed by atoms with Gasteiger partial charge in [-0.05, 0) is 32.0 Å². The SMILES string of the molecule is CCn1c(=O)c(C(C)=O)c(N)c2cc(Cl)ccc21. The van der Waals surface area contributed by atoms with Gasteiger partial charge in [-0.2, -0.15) is 0 Å². The molecule has 0 aliphatic heterocycles. The summed E-state index contributed by atoms with van der Waals surface area (Å²) >= 11 is 5.93. The van der Waals surface area contributed by atoms with Gasteiger partial charge in [0.2, 0.25) is 0 Å². The highest BCUT2D eigenvalue weighted by Crippen LogP contribution is 2.25. The van der Waals surface area contributed by atoms with Gasteiger partial charge in [0.1, 0.15) is 5.56 Å². The molecule has 0 unspecified atom stereocenters. The van der Waals surface area contributed by atoms with Crippen LogP contribution in [0.4, 0.5) is 5.69 Å². The molecule has 5 heteroatoms. The van der Waals surface area contributed by atoms with Crippen molar-refractivity contribution in [2.45, 2.75) is 20.4 Å². The van der Waals surface area contributed by atoms with E-state index >= 15 is 0 Å². The molecule has 0 spiro atoms. The fourth-order valence-electron chi connectivity index (χ4n) is 2.11. The number of nitrogens with zero attached hydrogens (tertiary/aromatic N) is 1. The summed E-state index contributed by atoms with van der Waals surface area (Å²) in [6.45, 7) is 3.65. The minimum Gasteiger partial charge on any atom is -0.397 e. The summed E-state index contributed by atoms with van der Waals surface area (Å²) in [4.78, 5) is 23.7. The van der Waals surface area contributed by atoms with E-state index in [9.17, 15) is 9.59 Å². The van der Waals surface area contributed by atoms with E-state index in [1.165, 1.54) is 11.5 Å². The van der Waals surface area contributed by atoms with E-state index in [0.717, 1.165) is 0 Å². The van der Waals surface area contributed by atoms with Crippen LogP contribution in [0.5, 0.6) is 0 Å². The smallest absolute Gasteiger partial charge is 0.264 e. The third-order valence-electron chi connectivity index (χ3n) is 2.94. The molecule has 0 saturated carbocycles. The molecule has 2 rings (SSSR count). The molecular weight excluding hydrogens is 252 g/mol. The zero-order valence-electron chi connectivity index (χ0n) is 10.2. The fourth-order valence-corrected chi connectivity index (χ4v) is 2.28. The molecule has 0 atom stereocenters. The summed E-state index contributed by atoms with van der Waals surface area (Å²) in [5.41, 5.74) is 6.50. The Labute approximate surface area is 109 Å². The maximum absolute atomic E-state index is 12.2. The van der Waals surface area contributed by atoms with Crippen LogP contribution in [0.2, 0.25) is 5.02 Å². The maximum Gasteiger partial charge on any atom is 0.264 e. The Hall–Kier alpha value is -1.81. The Kier molecular flexibility index (Phi) is 3.13. The molecule has 0 aliphatic carbocycles. The summed E-state index contributed by atoms with van der Waals surface area (Å²) in [5, 5.41) is 1.15. The van der Waals surface area contributed by atoms with Gasteiger partial charge in [-0.3, -0.25) is 9.59 Å². The first-order valence-electron chi connectivity index (χ1n) is 5.59. The lowest BCUT2D eigenvalue weighted by atomic mass is 10.1. The molecule has 0 radical (unpaired) electrons. The lowest BCUT2D eigenvalue weighted by Crippen LogP contribution is -2.27. The predicted molar refractivity (Wildman–Crippen MR) is 73.3 cm³/mol. The molecular formula is C13H13ClN2O2. The molecule has 1 aromatic heterocycles. The van der Waals surface area contributed by atoms with Crippen LogP contribution in [0.25, 0.3) is 10.9 Å². The molecule has 0 aliphatic rings. The second kappa shape index (κ2) is 4.46. The van der Waals surface area contributed by atoms with Crippen LogP contribution in [0, 0.1) is 0 Å². The average Bonchev–Trinajstić information content (AvgIpc) is 2.30. The maximum atomic E-state index is 12.2. The third-order valence-corrected chi connectivity index (χ3v) is 3.17. The number of hydrogen-bond donors (Lipinski definition) is 1. The van der Waals surface area contributed by atoms with Gasteiger partial charge in [-0.1, -0.05) is 11.6 Å². The number of carbonyl (C=O) groups is 1. The second-order valence-corrected chi connectivity index (χ2v) is 4.49. The van der Waals surface area contributed by atoms with Crippen molar-refractivity contribution in [1.29, 1.82) is 0 Å². The van der Waals surface area contributed by atoms with Crippen molar-refractivity contribution in [2.24, 2.45) is 0 Å². The lowest BCUT2D eigenvalue weighted by molar-refractivity contribution is 0.101. The van der Waals surface area contributed by atoms with E-state index in [4.69, 9.17) is 17.3 Å². The third kappa shape index (κ3) is 1.78. The number of fused-ring (bicyclic) bond motifs is 1. The summed E-state index contributed by atoms with van der Waals surface area (Å²) in [5.74, 6) is -0.332. The van der Waals surface area contributed by atoms with Gasteiger partial charge < -0.3 is 10.3 Å². The van der Waals surface area contributed by atoms with Crippen molar-refractivity contribution < 1.29 is 4.79 Å². The molecule has 1 heterocycles. The number of ketones is 1. The first kappa shape index (κ1) is 12.6. The Balaban J connectivity index is 3.06. The Bertz CT molecular complexity index is 704. The number of aromatic nitrogens is 1. The molecule has 18 heavy (non-hydrogen) atoms. The highest BCUT2D eigenvalue weighted by atomic mass is 35.5. The molecule has 2 aromatic rings. The normalized spacial score (nSPS) is 10.8. The van der Waals surface area contributed by atoms with Crippen molar-refractivity contribution >= 4 is 34.0 Å². The number of aryl methyl sites for hydroxylation is 1. The summed E-state index contributed by atoms with van der Waals surface area (Å²) in [6, 6.07) is 5.11. The standard InChI is InChI=1S/C13H13ClN2O2/c1-3-16-10-5-4-8(14)6-9(10)12(15)11(7(2)17)13(16)18/h4-6H,3,15H2,1-2H3. The average molecular weight is 265 g/mol. The summed E-state index contributed by atoms with van der Waals surface area (Å²) in [7, 11) is 0. The number of carbonyl (C=O) groups excluding carboxylic acids is 1. The van der Waals surface area contributed by atoms with Crippen LogP contribution in [-0.4, -0.2) is 10.4 Å². The number of halogens is 1. The van der Waals surface area contributed by atoms with Crippen molar-refractivity contribution in [1.82, 2.24) is 4.57 Å². The van der Waals surface area contributed by atoms with Crippen LogP contribution in [0.3, 0.4) is 0 Å². The van der Waals surface area contributed by atoms with E-state index in [-0.39, 0.29) is 22.6 Å². The predicted octanol–water partition coefficient (Wildman–Crippen LogP) is 2.46. The van der Waals surface area contributed by atoms with Crippen molar-refractivity contribution in [3.05, 3.63) is 39.1 Å². The van der Waals surface area contributed by atoms with Gasteiger partial charge in [0.25, 0.3) is 5.56 Å². The topological polar surface area (TPSA) is 65.1 Å². The van der Waals surface area contributed by atoms with E-state index < -0.39 is 0 Å². The zero-order valence-corrected chi connectivity index (χ0v) is 10.9. The largest absolute Gasteiger partial charge is 0.397 e. The molecule has 1 aromatic carbocycles. The lowest BCUT2D eigenvalue weighted by Gasteiger charge is -2.13. The van der Waals surface area contributed by atoms with E-state index in [1.807, 2.05) is 6.92 Å². The van der Waals surface area contributed by atoms with Crippen molar-refractivity contribution in [3.63, 3.8) is 0 Å². The molecule has 2 N–H and O–H groups in total. The first-order valence-corrected chi connectivity index (χ1v) is 5.97. The number of pyridine rings is 1. The van der Waals surface area contributed by atoms with Crippen LogP contribution < -0.4 is 11.3 Å². The minimum atomic E-state index is -0.350. The van der Waals surface area contributed by atoms with Gasteiger partial charge in [0.05, 0.1) is 11.2 Å². The highest BCUT2D eigenvalue weighted by Gasteiger charge is 2.17. The molecule has 94 valence electrons. The number of rotatable bonds is 2.